The average Bonchev–Trinajstić information content (AvgIpc) is 3.38. The lowest BCUT2D eigenvalue weighted by molar-refractivity contribution is -0.137. The summed E-state index contributed by atoms with van der Waals surface area (Å²) in [4.78, 5) is 12.5. The van der Waals surface area contributed by atoms with Crippen LogP contribution in [-0.2, 0) is 20.8 Å². The first-order valence-electron chi connectivity index (χ1n) is 7.66. The molecule has 1 N–H and O–H groups in total. The molecule has 0 spiro atoms. The Morgan fingerprint density at radius 2 is 1.63 bits per heavy atom. The number of anilines is 1. The van der Waals surface area contributed by atoms with Crippen molar-refractivity contribution in [2.75, 3.05) is 5.32 Å². The highest BCUT2D eigenvalue weighted by atomic mass is 35.5. The second-order valence-electron chi connectivity index (χ2n) is 6.10. The number of amides is 1. The van der Waals surface area contributed by atoms with Gasteiger partial charge in [-0.05, 0) is 55.3 Å². The first-order valence-corrected chi connectivity index (χ1v) is 9.90. The number of alkyl halides is 3. The monoisotopic (exact) mass is 437 g/mol. The normalized spacial score (nSPS) is 16.0. The average molecular weight is 438 g/mol. The number of carbonyl (C=O) groups excluding carboxylic acids is 1. The largest absolute Gasteiger partial charge is 0.417 e. The molecule has 0 radical (unpaired) electrons. The van der Waals surface area contributed by atoms with Gasteiger partial charge in [0, 0.05) is 10.7 Å². The van der Waals surface area contributed by atoms with Crippen LogP contribution in [0, 0.1) is 0 Å². The predicted molar refractivity (Wildman–Crippen MR) is 95.7 cm³/mol. The first kappa shape index (κ1) is 20.0. The summed E-state index contributed by atoms with van der Waals surface area (Å²) in [6, 6.07) is 8.19. The van der Waals surface area contributed by atoms with E-state index in [0.29, 0.717) is 11.1 Å². The molecule has 27 heavy (non-hydrogen) atoms. The van der Waals surface area contributed by atoms with Crippen molar-refractivity contribution in [2.24, 2.45) is 0 Å². The zero-order chi connectivity index (χ0) is 20.0. The van der Waals surface area contributed by atoms with Gasteiger partial charge in [-0.1, -0.05) is 23.2 Å². The van der Waals surface area contributed by atoms with Gasteiger partial charge < -0.3 is 5.32 Å². The molecule has 1 amide bonds. The highest BCUT2D eigenvalue weighted by molar-refractivity contribution is 7.94. The van der Waals surface area contributed by atoms with Crippen molar-refractivity contribution in [3.63, 3.8) is 0 Å². The van der Waals surface area contributed by atoms with Crippen LogP contribution in [0.2, 0.25) is 10.0 Å². The van der Waals surface area contributed by atoms with Crippen molar-refractivity contribution in [1.29, 1.82) is 0 Å². The number of halogens is 5. The molecule has 144 valence electrons. The van der Waals surface area contributed by atoms with Crippen molar-refractivity contribution < 1.29 is 26.4 Å². The zero-order valence-electron chi connectivity index (χ0n) is 13.5. The third-order valence-electron chi connectivity index (χ3n) is 4.29. The second kappa shape index (κ2) is 6.68. The topological polar surface area (TPSA) is 63.2 Å². The van der Waals surface area contributed by atoms with Crippen LogP contribution in [-0.4, -0.2) is 19.1 Å². The molecular weight excluding hydrogens is 426 g/mol. The summed E-state index contributed by atoms with van der Waals surface area (Å²) >= 11 is 11.3. The van der Waals surface area contributed by atoms with Gasteiger partial charge in [0.15, 0.2) is 14.6 Å². The van der Waals surface area contributed by atoms with Gasteiger partial charge in [0.05, 0.1) is 15.5 Å². The van der Waals surface area contributed by atoms with Gasteiger partial charge >= 0.3 is 6.18 Å². The van der Waals surface area contributed by atoms with Crippen LogP contribution < -0.4 is 5.32 Å². The molecule has 0 bridgehead atoms. The van der Waals surface area contributed by atoms with E-state index in [0.717, 1.165) is 6.07 Å². The van der Waals surface area contributed by atoms with Gasteiger partial charge in [0.25, 0.3) is 0 Å². The van der Waals surface area contributed by atoms with Crippen LogP contribution in [0.1, 0.15) is 18.4 Å². The lowest BCUT2D eigenvalue weighted by Crippen LogP contribution is -2.37. The zero-order valence-corrected chi connectivity index (χ0v) is 15.8. The maximum atomic E-state index is 13.0. The molecule has 2 aromatic rings. The van der Waals surface area contributed by atoms with Gasteiger partial charge in [-0.25, -0.2) is 8.42 Å². The van der Waals surface area contributed by atoms with Crippen molar-refractivity contribution in [3.05, 3.63) is 58.1 Å². The summed E-state index contributed by atoms with van der Waals surface area (Å²) in [5.74, 6) is -0.882. The van der Waals surface area contributed by atoms with Gasteiger partial charge in [-0.3, -0.25) is 4.79 Å². The second-order valence-corrected chi connectivity index (χ2v) is 9.20. The standard InChI is InChI=1S/C17H12Cl2F3NO3S/c18-10-1-4-12(5-2-10)27(25,26)16(7-8-16)15(24)23-11-3-6-14(19)13(9-11)17(20,21)22/h1-6,9H,7-8H2,(H,23,24). The molecule has 0 aromatic heterocycles. The minimum absolute atomic E-state index is 0.0729. The molecule has 0 heterocycles. The maximum absolute atomic E-state index is 13.0. The number of benzene rings is 2. The molecule has 10 heteroatoms. The minimum Gasteiger partial charge on any atom is -0.325 e. The number of hydrogen-bond donors (Lipinski definition) is 1. The molecule has 4 nitrogen and oxygen atoms in total. The van der Waals surface area contributed by atoms with Gasteiger partial charge in [0.1, 0.15) is 0 Å². The van der Waals surface area contributed by atoms with Crippen molar-refractivity contribution in [2.45, 2.75) is 28.7 Å². The van der Waals surface area contributed by atoms with E-state index in [1.165, 1.54) is 30.3 Å². The Balaban J connectivity index is 1.89. The van der Waals surface area contributed by atoms with Crippen molar-refractivity contribution in [1.82, 2.24) is 0 Å². The lowest BCUT2D eigenvalue weighted by atomic mass is 10.2. The quantitative estimate of drug-likeness (QED) is 0.735. The van der Waals surface area contributed by atoms with Crippen LogP contribution in [0.3, 0.4) is 0 Å². The van der Waals surface area contributed by atoms with Gasteiger partial charge in [-0.15, -0.1) is 0 Å². The third-order valence-corrected chi connectivity index (χ3v) is 7.38. The Hall–Kier alpha value is -1.77. The predicted octanol–water partition coefficient (Wildman–Crippen LogP) is 4.96. The first-order chi connectivity index (χ1) is 12.5. The summed E-state index contributed by atoms with van der Waals surface area (Å²) in [5, 5.41) is 2.09. The van der Waals surface area contributed by atoms with E-state index in [-0.39, 0.29) is 23.4 Å². The van der Waals surface area contributed by atoms with Crippen LogP contribution in [0.4, 0.5) is 18.9 Å². The SMILES string of the molecule is O=C(Nc1ccc(Cl)c(C(F)(F)F)c1)C1(S(=O)(=O)c2ccc(Cl)cc2)CC1. The fraction of sp³-hybridized carbons (Fsp3) is 0.235. The maximum Gasteiger partial charge on any atom is 0.417 e. The van der Waals surface area contributed by atoms with Crippen molar-refractivity contribution >= 4 is 44.6 Å². The molecule has 2 aromatic carbocycles. The Labute approximate surface area is 163 Å². The van der Waals surface area contributed by atoms with E-state index in [1.54, 1.807) is 0 Å². The Kier molecular flexibility index (Phi) is 4.95. The number of rotatable bonds is 4. The molecule has 0 saturated heterocycles. The Morgan fingerprint density at radius 1 is 1.04 bits per heavy atom. The van der Waals surface area contributed by atoms with Crippen LogP contribution in [0.25, 0.3) is 0 Å². The van der Waals surface area contributed by atoms with Gasteiger partial charge in [-0.2, -0.15) is 13.2 Å². The highest BCUT2D eigenvalue weighted by Crippen LogP contribution is 2.48. The third kappa shape index (κ3) is 3.66. The molecule has 1 fully saturated rings. The molecular formula is C17H12Cl2F3NO3S. The highest BCUT2D eigenvalue weighted by Gasteiger charge is 2.61. The summed E-state index contributed by atoms with van der Waals surface area (Å²) in [6.07, 6.45) is -4.56. The van der Waals surface area contributed by atoms with E-state index >= 15 is 0 Å². The molecule has 1 saturated carbocycles. The van der Waals surface area contributed by atoms with E-state index in [4.69, 9.17) is 23.2 Å². The summed E-state index contributed by atoms with van der Waals surface area (Å²) in [7, 11) is -4.03. The summed E-state index contributed by atoms with van der Waals surface area (Å²) in [6.45, 7) is 0. The lowest BCUT2D eigenvalue weighted by Gasteiger charge is -2.17. The number of hydrogen-bond acceptors (Lipinski definition) is 3. The van der Waals surface area contributed by atoms with E-state index in [9.17, 15) is 26.4 Å². The summed E-state index contributed by atoms with van der Waals surface area (Å²) < 4.78 is 62.8. The van der Waals surface area contributed by atoms with E-state index in [2.05, 4.69) is 5.32 Å². The van der Waals surface area contributed by atoms with Crippen LogP contribution >= 0.6 is 23.2 Å². The molecule has 0 unspecified atom stereocenters. The van der Waals surface area contributed by atoms with Gasteiger partial charge in [0.2, 0.25) is 5.91 Å². The summed E-state index contributed by atoms with van der Waals surface area (Å²) in [5.41, 5.74) is -1.30. The van der Waals surface area contributed by atoms with Crippen molar-refractivity contribution in [3.8, 4) is 0 Å². The fourth-order valence-corrected chi connectivity index (χ4v) is 4.87. The molecule has 1 aliphatic carbocycles. The van der Waals surface area contributed by atoms with E-state index in [1.807, 2.05) is 0 Å². The fourth-order valence-electron chi connectivity index (χ4n) is 2.64. The Morgan fingerprint density at radius 3 is 2.15 bits per heavy atom. The van der Waals surface area contributed by atoms with E-state index < -0.39 is 37.3 Å². The molecule has 0 atom stereocenters. The number of nitrogens with one attached hydrogen (secondary N) is 1. The smallest absolute Gasteiger partial charge is 0.325 e. The molecule has 1 aliphatic rings. The number of sulfone groups is 1. The van der Waals surface area contributed by atoms with Crippen LogP contribution in [0.15, 0.2) is 47.4 Å². The Bertz CT molecular complexity index is 1000. The minimum atomic E-state index is -4.70. The molecule has 0 aliphatic heterocycles. The van der Waals surface area contributed by atoms with Crippen LogP contribution in [0.5, 0.6) is 0 Å². The molecule has 3 rings (SSSR count). The number of carbonyl (C=O) groups is 1.